The number of aromatic hydroxyl groups is 2. The lowest BCUT2D eigenvalue weighted by Crippen LogP contribution is -2.29. The third-order valence-electron chi connectivity index (χ3n) is 13.0. The number of ether oxygens (including phenoxy) is 8. The highest BCUT2D eigenvalue weighted by molar-refractivity contribution is 8.00. The first-order chi connectivity index (χ1) is 52.1. The topological polar surface area (TPSA) is 377 Å². The number of para-hydroxylation sites is 2. The van der Waals surface area contributed by atoms with E-state index >= 15 is 0 Å². The number of sulfone groups is 1. The van der Waals surface area contributed by atoms with Crippen LogP contribution in [0, 0.1) is 11.1 Å². The average molecular weight is 1820 g/mol. The van der Waals surface area contributed by atoms with Crippen LogP contribution in [-0.4, -0.2) is 114 Å². The fourth-order valence-corrected chi connectivity index (χ4v) is 14.8. The van der Waals surface area contributed by atoms with Crippen LogP contribution in [0.3, 0.4) is 0 Å². The SMILES string of the molecule is CCOC(=O)c1cc(Cl)c(OC)c(Cl)c1.COc1c(Cl)cc(-c2nnc(S(C)(=O)=O)s2)cc1Cl.COc1c(Cl)cc(-c2nnc(SC)s2)cc1Cl.COc1c(Cl)cc(C(=O)NN)cc1Cl.F.N=N.O.Oc1c(Cl)cc(-c2nnc(Oc3ccc(Oc4ccccc4)cc3)s2)cc1Cl.Oc1ccc(Oc2ccccc2)cc1.[2HH].[HH]. The van der Waals surface area contributed by atoms with Gasteiger partial charge in [0.15, 0.2) is 38.1 Å². The molecule has 592 valence electrons. The fraction of sp³-hybridized carbons (Fsp3) is 0.114. The summed E-state index contributed by atoms with van der Waals surface area (Å²) in [6.07, 6.45) is 3.03. The summed E-state index contributed by atoms with van der Waals surface area (Å²) >= 11 is 64.6. The number of benzene rings is 9. The monoisotopic (exact) mass is 1820 g/mol. The van der Waals surface area contributed by atoms with E-state index in [2.05, 4.69) is 30.6 Å². The summed E-state index contributed by atoms with van der Waals surface area (Å²) in [5.74, 6) is 9.22. The molecule has 0 aliphatic carbocycles. The van der Waals surface area contributed by atoms with Crippen molar-refractivity contribution in [2.75, 3.05) is 47.6 Å². The van der Waals surface area contributed by atoms with Gasteiger partial charge in [-0.25, -0.2) is 30.1 Å². The third-order valence-corrected chi connectivity index (χ3v) is 21.3. The Hall–Kier alpha value is -8.55. The van der Waals surface area contributed by atoms with Crippen molar-refractivity contribution in [2.45, 2.75) is 15.6 Å². The number of hydrazine groups is 1. The summed E-state index contributed by atoms with van der Waals surface area (Å²) in [6.45, 7) is 2.03. The molecule has 0 fully saturated rings. The highest BCUT2D eigenvalue weighted by atomic mass is 35.5. The lowest BCUT2D eigenvalue weighted by Gasteiger charge is -2.07. The van der Waals surface area contributed by atoms with Crippen LogP contribution in [0.15, 0.2) is 179 Å². The zero-order valence-electron chi connectivity index (χ0n) is 58.2. The van der Waals surface area contributed by atoms with Gasteiger partial charge in [0.2, 0.25) is 14.2 Å². The highest BCUT2D eigenvalue weighted by Gasteiger charge is 2.20. The van der Waals surface area contributed by atoms with Crippen molar-refractivity contribution in [1.29, 1.82) is 11.1 Å². The Morgan fingerprint density at radius 3 is 1.19 bits per heavy atom. The van der Waals surface area contributed by atoms with Gasteiger partial charge in [0.05, 0.1) is 90.8 Å². The summed E-state index contributed by atoms with van der Waals surface area (Å²) in [6, 6.07) is 48.5. The molecule has 1 amide bonds. The fourth-order valence-electron chi connectivity index (χ4n) is 8.20. The van der Waals surface area contributed by atoms with E-state index in [1.807, 2.05) is 84.5 Å². The Balaban J connectivity index is 0.000000464. The molecular weight excluding hydrogens is 1750 g/mol. The standard InChI is InChI=1S/C20H12Cl2N2O3S.C12H10O2.C10H8Cl2N2O3S2.C10H8Cl2N2OS2.C10H10Cl2O3.C8H8Cl2N2O2.FH.H2N2.H2O.2H2/c21-16-10-12(11-17(22)18(16)25)19-23-24-20(28-19)27-15-8-6-14(7-9-15)26-13-4-2-1-3-5-13;13-10-6-8-12(9-7-10)14-11-4-2-1-3-5-11;1-17-8-6(11)3-5(4-7(8)12)9-13-14-10(18-9)19(2,15)16;1-15-8-6(11)3-5(4-7(8)12)9-13-14-10(16-2)17-9;1-3-15-10(13)6-4-7(11)9(14-2)8(12)5-6;1-14-7-5(9)2-4(3-6(7)10)8(13)12-11;;1-2;;;/h1-11,25H;1-9,13H;3-4H,1-2H3;3-4H,1-2H3;4-5H,3H2,1-2H3;2-3H,11H2,1H3,(H,12,13);1H;1-2H;1H2;2*1H/i;;;;;;;;;1+1;. The van der Waals surface area contributed by atoms with Crippen molar-refractivity contribution in [2.24, 2.45) is 5.84 Å². The number of nitrogens with two attached hydrogens (primary N) is 1. The molecule has 0 unspecified atom stereocenters. The van der Waals surface area contributed by atoms with Crippen LogP contribution in [0.1, 0.15) is 30.5 Å². The molecule has 3 heterocycles. The van der Waals surface area contributed by atoms with Gasteiger partial charge in [0, 0.05) is 31.4 Å². The van der Waals surface area contributed by atoms with E-state index in [1.54, 1.807) is 91.5 Å². The van der Waals surface area contributed by atoms with Gasteiger partial charge in [0.25, 0.3) is 11.1 Å². The molecule has 0 atom stereocenters. The maximum Gasteiger partial charge on any atom is 0.338 e. The number of carbonyl (C=O) groups is 2. The number of hydrogen-bond donors (Lipinski definition) is 6. The molecule has 111 heavy (non-hydrogen) atoms. The number of carbonyl (C=O) groups excluding carboxylic acids is 2. The number of nitrogens with one attached hydrogen (secondary N) is 3. The van der Waals surface area contributed by atoms with Crippen LogP contribution in [-0.2, 0) is 14.6 Å². The Labute approximate surface area is 704 Å². The molecule has 0 saturated carbocycles. The quantitative estimate of drug-likeness (QED) is 0.0116. The molecule has 0 saturated heterocycles. The van der Waals surface area contributed by atoms with Crippen molar-refractivity contribution in [3.63, 3.8) is 0 Å². The van der Waals surface area contributed by atoms with Crippen LogP contribution in [0.2, 0.25) is 50.2 Å². The largest absolute Gasteiger partial charge is 0.508 e. The first-order valence-electron chi connectivity index (χ1n) is 30.1. The van der Waals surface area contributed by atoms with E-state index in [0.29, 0.717) is 98.8 Å². The van der Waals surface area contributed by atoms with E-state index in [4.69, 9.17) is 176 Å². The van der Waals surface area contributed by atoms with E-state index in [0.717, 1.165) is 44.0 Å². The molecule has 9 aromatic carbocycles. The van der Waals surface area contributed by atoms with Gasteiger partial charge in [-0.3, -0.25) is 14.9 Å². The number of nitrogens with zero attached hydrogens (tertiary/aromatic N) is 6. The number of phenols is 2. The minimum Gasteiger partial charge on any atom is -0.508 e. The predicted octanol–water partition coefficient (Wildman–Crippen LogP) is 22.4. The molecule has 0 spiro atoms. The van der Waals surface area contributed by atoms with E-state index in [9.17, 15) is 23.1 Å². The number of rotatable bonds is 18. The molecule has 0 aliphatic rings. The molecule has 0 bridgehead atoms. The van der Waals surface area contributed by atoms with Gasteiger partial charge in [-0.15, -0.1) is 25.5 Å². The van der Waals surface area contributed by atoms with Crippen LogP contribution in [0.5, 0.6) is 68.4 Å². The van der Waals surface area contributed by atoms with Crippen LogP contribution in [0.25, 0.3) is 31.7 Å². The summed E-state index contributed by atoms with van der Waals surface area (Å²) in [7, 11) is 2.52. The Morgan fingerprint density at radius 1 is 0.495 bits per heavy atom. The number of esters is 1. The number of methoxy groups -OCH3 is 4. The van der Waals surface area contributed by atoms with Gasteiger partial charge >= 0.3 is 5.97 Å². The van der Waals surface area contributed by atoms with Crippen LogP contribution in [0.4, 0.5) is 4.70 Å². The first kappa shape index (κ1) is 94.8. The molecule has 12 aromatic rings. The lowest BCUT2D eigenvalue weighted by molar-refractivity contribution is 0.0526. The number of nitrogen functional groups attached to an aromatic ring is 1. The predicted molar refractivity (Wildman–Crippen MR) is 443 cm³/mol. The van der Waals surface area contributed by atoms with Crippen molar-refractivity contribution in [3.05, 3.63) is 231 Å². The Kier molecular flexibility index (Phi) is 40.2. The average Bonchev–Trinajstić information content (AvgIpc) is 1.72. The number of phenolic OH excluding ortho intramolecular Hbond substituents is 2. The number of thioether (sulfide) groups is 1. The Bertz CT molecular complexity index is 5040. The van der Waals surface area contributed by atoms with Gasteiger partial charge in [-0.2, -0.15) is 0 Å². The first-order valence-corrected chi connectivity index (χ1v) is 39.5. The summed E-state index contributed by atoms with van der Waals surface area (Å²) in [4.78, 5) is 22.5. The van der Waals surface area contributed by atoms with Gasteiger partial charge in [-0.1, -0.05) is 203 Å². The number of hydrogen-bond acceptors (Lipinski definition) is 27. The Morgan fingerprint density at radius 2 is 0.829 bits per heavy atom. The third kappa shape index (κ3) is 28.6. The molecule has 0 aliphatic heterocycles. The number of amides is 1. The number of aromatic nitrogens is 6. The van der Waals surface area contributed by atoms with Crippen LogP contribution < -0.4 is 44.4 Å². The van der Waals surface area contributed by atoms with Crippen molar-refractivity contribution < 1.29 is 79.1 Å². The molecule has 41 heteroatoms. The second-order valence-electron chi connectivity index (χ2n) is 20.4. The zero-order valence-corrected chi connectivity index (χ0v) is 69.8. The maximum absolute atomic E-state index is 11.4. The zero-order chi connectivity index (χ0) is 80.1. The van der Waals surface area contributed by atoms with Crippen molar-refractivity contribution in [1.82, 2.24) is 36.0 Å². The minimum atomic E-state index is -3.37. The molecule has 25 nitrogen and oxygen atoms in total. The van der Waals surface area contributed by atoms with E-state index in [1.165, 1.54) is 75.4 Å². The van der Waals surface area contributed by atoms with E-state index < -0.39 is 21.7 Å². The van der Waals surface area contributed by atoms with Gasteiger partial charge < -0.3 is 53.6 Å². The second-order valence-corrected chi connectivity index (χ2v) is 30.6. The number of halogens is 11. The summed E-state index contributed by atoms with van der Waals surface area (Å²) in [5, 5.41) is 47.5. The highest BCUT2D eigenvalue weighted by Crippen LogP contribution is 2.43. The van der Waals surface area contributed by atoms with Crippen molar-refractivity contribution in [3.8, 4) is 100 Å². The van der Waals surface area contributed by atoms with Crippen molar-refractivity contribution >= 4 is 183 Å². The molecular formula is C70H65Cl10FN10O15S5. The summed E-state index contributed by atoms with van der Waals surface area (Å²) < 4.78 is 65.4. The molecule has 12 rings (SSSR count). The van der Waals surface area contributed by atoms with Gasteiger partial charge in [0.1, 0.15) is 44.5 Å². The van der Waals surface area contributed by atoms with Crippen LogP contribution >= 0.6 is 162 Å². The second kappa shape index (κ2) is 47.1. The normalized spacial score (nSPS) is 10.1. The molecule has 9 N–H and O–H groups in total. The minimum absolute atomic E-state index is 0. The van der Waals surface area contributed by atoms with E-state index in [-0.39, 0.29) is 64.6 Å². The maximum atomic E-state index is 11.4. The lowest BCUT2D eigenvalue weighted by atomic mass is 10.2. The molecule has 3 aromatic heterocycles. The smallest absolute Gasteiger partial charge is 0.338 e. The molecule has 0 radical (unpaired) electrons. The summed E-state index contributed by atoms with van der Waals surface area (Å²) in [5.41, 5.74) is 14.6. The van der Waals surface area contributed by atoms with Gasteiger partial charge in [-0.05, 0) is 147 Å².